The van der Waals surface area contributed by atoms with Gasteiger partial charge in [-0.2, -0.15) is 0 Å². The molecule has 1 fully saturated rings. The van der Waals surface area contributed by atoms with E-state index in [0.29, 0.717) is 16.9 Å². The maximum Gasteiger partial charge on any atom is 0.277 e. The lowest BCUT2D eigenvalue weighted by Crippen LogP contribution is -2.31. The minimum atomic E-state index is -0.172. The SMILES string of the molecule is CC(C)(C)c1nnc(SCC(=O)N2CCC[C@H]2c2cccs2)o1. The molecule has 0 unspecified atom stereocenters. The fourth-order valence-electron chi connectivity index (χ4n) is 2.62. The smallest absolute Gasteiger partial charge is 0.277 e. The third-order valence-electron chi connectivity index (χ3n) is 3.81. The quantitative estimate of drug-likeness (QED) is 0.782. The summed E-state index contributed by atoms with van der Waals surface area (Å²) in [5.41, 5.74) is -0.172. The minimum absolute atomic E-state index is 0.140. The van der Waals surface area contributed by atoms with Crippen molar-refractivity contribution in [1.29, 1.82) is 0 Å². The number of likely N-dealkylation sites (tertiary alicyclic amines) is 1. The predicted octanol–water partition coefficient (Wildman–Crippen LogP) is 3.88. The van der Waals surface area contributed by atoms with E-state index in [1.165, 1.54) is 16.6 Å². The molecule has 0 spiro atoms. The Morgan fingerprint density at radius 3 is 2.96 bits per heavy atom. The fourth-order valence-corrected chi connectivity index (χ4v) is 4.14. The zero-order chi connectivity index (χ0) is 16.4. The van der Waals surface area contributed by atoms with Crippen molar-refractivity contribution < 1.29 is 9.21 Å². The third kappa shape index (κ3) is 3.77. The molecule has 0 saturated carbocycles. The van der Waals surface area contributed by atoms with Crippen LogP contribution < -0.4 is 0 Å². The van der Waals surface area contributed by atoms with Crippen LogP contribution in [-0.4, -0.2) is 33.3 Å². The Bertz CT molecular complexity index is 661. The van der Waals surface area contributed by atoms with Gasteiger partial charge < -0.3 is 9.32 Å². The number of aromatic nitrogens is 2. The summed E-state index contributed by atoms with van der Waals surface area (Å²) < 4.78 is 5.63. The summed E-state index contributed by atoms with van der Waals surface area (Å²) in [5.74, 6) is 1.08. The van der Waals surface area contributed by atoms with E-state index in [9.17, 15) is 4.79 Å². The van der Waals surface area contributed by atoms with E-state index in [0.717, 1.165) is 19.4 Å². The molecule has 124 valence electrons. The maximum atomic E-state index is 12.5. The molecule has 2 aromatic heterocycles. The van der Waals surface area contributed by atoms with E-state index in [2.05, 4.69) is 21.6 Å². The number of hydrogen-bond acceptors (Lipinski definition) is 6. The second-order valence-corrected chi connectivity index (χ2v) is 8.58. The average molecular weight is 351 g/mol. The van der Waals surface area contributed by atoms with E-state index in [1.807, 2.05) is 31.7 Å². The molecule has 0 radical (unpaired) electrons. The van der Waals surface area contributed by atoms with Crippen LogP contribution in [0.3, 0.4) is 0 Å². The lowest BCUT2D eigenvalue weighted by atomic mass is 9.97. The monoisotopic (exact) mass is 351 g/mol. The predicted molar refractivity (Wildman–Crippen MR) is 91.7 cm³/mol. The lowest BCUT2D eigenvalue weighted by molar-refractivity contribution is -0.129. The number of amides is 1. The van der Waals surface area contributed by atoms with Crippen LogP contribution in [0.5, 0.6) is 0 Å². The largest absolute Gasteiger partial charge is 0.415 e. The number of thioether (sulfide) groups is 1. The van der Waals surface area contributed by atoms with Gasteiger partial charge in [0.05, 0.1) is 11.8 Å². The summed E-state index contributed by atoms with van der Waals surface area (Å²) in [7, 11) is 0. The van der Waals surface area contributed by atoms with E-state index < -0.39 is 0 Å². The summed E-state index contributed by atoms with van der Waals surface area (Å²) >= 11 is 3.04. The molecule has 0 bridgehead atoms. The van der Waals surface area contributed by atoms with Crippen molar-refractivity contribution >= 4 is 29.0 Å². The first-order chi connectivity index (χ1) is 10.9. The van der Waals surface area contributed by atoms with Crippen LogP contribution in [0.1, 0.15) is 50.4 Å². The van der Waals surface area contributed by atoms with E-state index in [4.69, 9.17) is 4.42 Å². The third-order valence-corrected chi connectivity index (χ3v) is 5.59. The highest BCUT2D eigenvalue weighted by molar-refractivity contribution is 7.99. The number of carbonyl (C=O) groups excluding carboxylic acids is 1. The zero-order valence-corrected chi connectivity index (χ0v) is 15.2. The molecule has 0 aliphatic carbocycles. The molecule has 3 rings (SSSR count). The number of carbonyl (C=O) groups is 1. The molecule has 1 aliphatic rings. The Hall–Kier alpha value is -1.34. The van der Waals surface area contributed by atoms with Gasteiger partial charge in [0, 0.05) is 16.8 Å². The van der Waals surface area contributed by atoms with E-state index in [1.54, 1.807) is 11.3 Å². The van der Waals surface area contributed by atoms with Crippen molar-refractivity contribution in [1.82, 2.24) is 15.1 Å². The van der Waals surface area contributed by atoms with Crippen molar-refractivity contribution in [2.45, 2.75) is 50.3 Å². The van der Waals surface area contributed by atoms with Crippen LogP contribution in [-0.2, 0) is 10.2 Å². The van der Waals surface area contributed by atoms with Gasteiger partial charge in [-0.3, -0.25) is 4.79 Å². The number of hydrogen-bond donors (Lipinski definition) is 0. The highest BCUT2D eigenvalue weighted by Crippen LogP contribution is 2.35. The highest BCUT2D eigenvalue weighted by Gasteiger charge is 2.30. The first-order valence-electron chi connectivity index (χ1n) is 7.75. The molecule has 5 nitrogen and oxygen atoms in total. The molecule has 1 saturated heterocycles. The first-order valence-corrected chi connectivity index (χ1v) is 9.61. The molecule has 2 aromatic rings. The lowest BCUT2D eigenvalue weighted by Gasteiger charge is -2.23. The molecule has 0 aromatic carbocycles. The van der Waals surface area contributed by atoms with Gasteiger partial charge >= 0.3 is 0 Å². The van der Waals surface area contributed by atoms with Crippen LogP contribution in [0, 0.1) is 0 Å². The summed E-state index contributed by atoms with van der Waals surface area (Å²) in [6.07, 6.45) is 2.11. The molecule has 1 atom stereocenters. The Balaban J connectivity index is 1.60. The van der Waals surface area contributed by atoms with Crippen LogP contribution >= 0.6 is 23.1 Å². The minimum Gasteiger partial charge on any atom is -0.415 e. The Morgan fingerprint density at radius 1 is 1.48 bits per heavy atom. The highest BCUT2D eigenvalue weighted by atomic mass is 32.2. The summed E-state index contributed by atoms with van der Waals surface area (Å²) in [6, 6.07) is 4.39. The van der Waals surface area contributed by atoms with Gasteiger partial charge in [0.25, 0.3) is 5.22 Å². The molecule has 1 aliphatic heterocycles. The topological polar surface area (TPSA) is 59.2 Å². The first kappa shape index (κ1) is 16.5. The fraction of sp³-hybridized carbons (Fsp3) is 0.562. The Morgan fingerprint density at radius 2 is 2.30 bits per heavy atom. The van der Waals surface area contributed by atoms with Gasteiger partial charge in [-0.1, -0.05) is 38.6 Å². The summed E-state index contributed by atoms with van der Waals surface area (Å²) in [6.45, 7) is 6.90. The molecular formula is C16H21N3O2S2. The van der Waals surface area contributed by atoms with Gasteiger partial charge in [0.1, 0.15) is 0 Å². The van der Waals surface area contributed by atoms with Crippen molar-refractivity contribution in [2.24, 2.45) is 0 Å². The van der Waals surface area contributed by atoms with E-state index >= 15 is 0 Å². The zero-order valence-electron chi connectivity index (χ0n) is 13.6. The average Bonchev–Trinajstić information content (AvgIpc) is 3.22. The van der Waals surface area contributed by atoms with Crippen molar-refractivity contribution in [2.75, 3.05) is 12.3 Å². The van der Waals surface area contributed by atoms with Crippen LogP contribution in [0.15, 0.2) is 27.2 Å². The van der Waals surface area contributed by atoms with Gasteiger partial charge in [0.2, 0.25) is 11.8 Å². The molecule has 3 heterocycles. The molecule has 0 N–H and O–H groups in total. The van der Waals surface area contributed by atoms with Crippen LogP contribution in [0.2, 0.25) is 0 Å². The van der Waals surface area contributed by atoms with Gasteiger partial charge in [-0.15, -0.1) is 21.5 Å². The molecule has 7 heteroatoms. The number of rotatable bonds is 4. The van der Waals surface area contributed by atoms with Crippen molar-refractivity contribution in [3.63, 3.8) is 0 Å². The normalized spacial score (nSPS) is 18.6. The van der Waals surface area contributed by atoms with Crippen LogP contribution in [0.4, 0.5) is 0 Å². The van der Waals surface area contributed by atoms with Crippen molar-refractivity contribution in [3.8, 4) is 0 Å². The van der Waals surface area contributed by atoms with Crippen molar-refractivity contribution in [3.05, 3.63) is 28.3 Å². The van der Waals surface area contributed by atoms with Crippen LogP contribution in [0.25, 0.3) is 0 Å². The maximum absolute atomic E-state index is 12.5. The van der Waals surface area contributed by atoms with E-state index in [-0.39, 0.29) is 17.4 Å². The summed E-state index contributed by atoms with van der Waals surface area (Å²) in [5, 5.41) is 10.6. The molecular weight excluding hydrogens is 330 g/mol. The molecule has 1 amide bonds. The molecule has 23 heavy (non-hydrogen) atoms. The summed E-state index contributed by atoms with van der Waals surface area (Å²) in [4.78, 5) is 15.8. The number of nitrogens with zero attached hydrogens (tertiary/aromatic N) is 3. The standard InChI is InChI=1S/C16H21N3O2S2/c1-16(2,3)14-17-18-15(21-14)23-10-13(20)19-8-4-6-11(19)12-7-5-9-22-12/h5,7,9,11H,4,6,8,10H2,1-3H3/t11-/m0/s1. The number of thiophene rings is 1. The Labute approximate surface area is 144 Å². The van der Waals surface area contributed by atoms with Gasteiger partial charge in [-0.25, -0.2) is 0 Å². The Kier molecular flexibility index (Phi) is 4.77. The second kappa shape index (κ2) is 6.65. The van der Waals surface area contributed by atoms with Gasteiger partial charge in [0.15, 0.2) is 0 Å². The van der Waals surface area contributed by atoms with Gasteiger partial charge in [-0.05, 0) is 24.3 Å². The second-order valence-electron chi connectivity index (χ2n) is 6.67.